The molecule has 0 aromatic heterocycles. The third kappa shape index (κ3) is 3.98. The van der Waals surface area contributed by atoms with Crippen molar-refractivity contribution < 1.29 is 14.6 Å². The Hall–Kier alpha value is -2.03. The molecule has 0 spiro atoms. The van der Waals surface area contributed by atoms with Gasteiger partial charge in [-0.15, -0.1) is 0 Å². The van der Waals surface area contributed by atoms with Crippen LogP contribution in [0.5, 0.6) is 0 Å². The lowest BCUT2D eigenvalue weighted by Gasteiger charge is -2.27. The number of urea groups is 1. The van der Waals surface area contributed by atoms with Gasteiger partial charge in [-0.2, -0.15) is 0 Å². The van der Waals surface area contributed by atoms with Crippen LogP contribution in [0.1, 0.15) is 11.1 Å². The first kappa shape index (κ1) is 14.4. The summed E-state index contributed by atoms with van der Waals surface area (Å²) in [5.74, 6) is 5.45. The van der Waals surface area contributed by atoms with Crippen molar-refractivity contribution in [2.24, 2.45) is 0 Å². The van der Waals surface area contributed by atoms with Crippen LogP contribution in [0.3, 0.4) is 0 Å². The fraction of sp³-hybridized carbons (Fsp3) is 0.400. The van der Waals surface area contributed by atoms with Crippen LogP contribution < -0.4 is 5.32 Å². The summed E-state index contributed by atoms with van der Waals surface area (Å²) in [6, 6.07) is 5.48. The highest BCUT2D eigenvalue weighted by atomic mass is 16.5. The number of aliphatic hydroxyl groups excluding tert-OH is 1. The summed E-state index contributed by atoms with van der Waals surface area (Å²) < 4.78 is 5.22. The normalized spacial score (nSPS) is 14.4. The molecule has 5 nitrogen and oxygen atoms in total. The highest BCUT2D eigenvalue weighted by Crippen LogP contribution is 2.15. The SMILES string of the molecule is Cc1cc(C#CCO)cc(NC(=O)N2CCOCC2)c1. The van der Waals surface area contributed by atoms with Crippen molar-refractivity contribution in [1.29, 1.82) is 0 Å². The van der Waals surface area contributed by atoms with Crippen LogP contribution in [0.4, 0.5) is 10.5 Å². The molecule has 1 heterocycles. The predicted octanol–water partition coefficient (Wildman–Crippen LogP) is 1.20. The summed E-state index contributed by atoms with van der Waals surface area (Å²) >= 11 is 0. The van der Waals surface area contributed by atoms with E-state index < -0.39 is 0 Å². The van der Waals surface area contributed by atoms with Crippen molar-refractivity contribution in [1.82, 2.24) is 4.90 Å². The molecule has 1 aromatic rings. The molecule has 0 radical (unpaired) electrons. The summed E-state index contributed by atoms with van der Waals surface area (Å²) in [5, 5.41) is 11.6. The number of amides is 2. The van der Waals surface area contributed by atoms with Crippen LogP contribution in [-0.2, 0) is 4.74 Å². The monoisotopic (exact) mass is 274 g/mol. The van der Waals surface area contributed by atoms with Gasteiger partial charge in [-0.3, -0.25) is 0 Å². The number of aliphatic hydroxyl groups is 1. The second kappa shape index (κ2) is 6.94. The predicted molar refractivity (Wildman–Crippen MR) is 76.6 cm³/mol. The van der Waals surface area contributed by atoms with E-state index in [4.69, 9.17) is 9.84 Å². The van der Waals surface area contributed by atoms with Crippen molar-refractivity contribution in [3.8, 4) is 11.8 Å². The van der Waals surface area contributed by atoms with Gasteiger partial charge in [0.05, 0.1) is 13.2 Å². The summed E-state index contributed by atoms with van der Waals surface area (Å²) in [4.78, 5) is 13.8. The summed E-state index contributed by atoms with van der Waals surface area (Å²) in [6.45, 7) is 4.13. The van der Waals surface area contributed by atoms with Gasteiger partial charge in [0.15, 0.2) is 0 Å². The number of carbonyl (C=O) groups excluding carboxylic acids is 1. The first-order chi connectivity index (χ1) is 9.69. The Bertz CT molecular complexity index is 540. The quantitative estimate of drug-likeness (QED) is 0.757. The van der Waals surface area contributed by atoms with E-state index in [2.05, 4.69) is 17.2 Å². The van der Waals surface area contributed by atoms with Crippen molar-refractivity contribution >= 4 is 11.7 Å². The Labute approximate surface area is 118 Å². The fourth-order valence-corrected chi connectivity index (χ4v) is 2.04. The van der Waals surface area contributed by atoms with Crippen molar-refractivity contribution in [3.05, 3.63) is 29.3 Å². The van der Waals surface area contributed by atoms with E-state index in [9.17, 15) is 4.79 Å². The van der Waals surface area contributed by atoms with E-state index in [1.54, 1.807) is 11.0 Å². The van der Waals surface area contributed by atoms with Gasteiger partial charge in [0.1, 0.15) is 6.61 Å². The molecular formula is C15H18N2O3. The topological polar surface area (TPSA) is 61.8 Å². The number of hydrogen-bond acceptors (Lipinski definition) is 3. The molecule has 20 heavy (non-hydrogen) atoms. The number of ether oxygens (including phenoxy) is 1. The number of rotatable bonds is 1. The number of anilines is 1. The standard InChI is InChI=1S/C15H18N2O3/c1-12-9-13(3-2-6-18)11-14(10-12)16-15(19)17-4-7-20-8-5-17/h9-11,18H,4-8H2,1H3,(H,16,19). The van der Waals surface area contributed by atoms with Gasteiger partial charge in [0.25, 0.3) is 0 Å². The Morgan fingerprint density at radius 2 is 2.15 bits per heavy atom. The molecule has 1 aromatic carbocycles. The van der Waals surface area contributed by atoms with E-state index in [1.807, 2.05) is 19.1 Å². The van der Waals surface area contributed by atoms with Gasteiger partial charge in [0.2, 0.25) is 0 Å². The molecule has 1 aliphatic rings. The maximum Gasteiger partial charge on any atom is 0.322 e. The van der Waals surface area contributed by atoms with Crippen LogP contribution in [0, 0.1) is 18.8 Å². The van der Waals surface area contributed by atoms with E-state index in [-0.39, 0.29) is 12.6 Å². The molecule has 0 unspecified atom stereocenters. The van der Waals surface area contributed by atoms with Crippen molar-refractivity contribution in [2.45, 2.75) is 6.92 Å². The third-order valence-corrected chi connectivity index (χ3v) is 2.94. The zero-order valence-corrected chi connectivity index (χ0v) is 11.5. The molecule has 1 saturated heterocycles. The van der Waals surface area contributed by atoms with Crippen LogP contribution in [0.2, 0.25) is 0 Å². The molecule has 2 rings (SSSR count). The first-order valence-electron chi connectivity index (χ1n) is 6.54. The van der Waals surface area contributed by atoms with Crippen molar-refractivity contribution in [2.75, 3.05) is 38.2 Å². The average molecular weight is 274 g/mol. The molecule has 0 bridgehead atoms. The minimum atomic E-state index is -0.177. The maximum absolute atomic E-state index is 12.1. The van der Waals surface area contributed by atoms with Gasteiger partial charge in [-0.25, -0.2) is 4.79 Å². The fourth-order valence-electron chi connectivity index (χ4n) is 2.04. The van der Waals surface area contributed by atoms with Gasteiger partial charge < -0.3 is 20.1 Å². The van der Waals surface area contributed by atoms with Crippen LogP contribution in [-0.4, -0.2) is 48.9 Å². The van der Waals surface area contributed by atoms with Crippen molar-refractivity contribution in [3.63, 3.8) is 0 Å². The van der Waals surface area contributed by atoms with Crippen LogP contribution in [0.25, 0.3) is 0 Å². The van der Waals surface area contributed by atoms with Gasteiger partial charge in [0, 0.05) is 24.3 Å². The molecule has 2 amide bonds. The lowest BCUT2D eigenvalue weighted by Crippen LogP contribution is -2.43. The molecule has 1 fully saturated rings. The molecule has 2 N–H and O–H groups in total. The maximum atomic E-state index is 12.1. The van der Waals surface area contributed by atoms with Crippen LogP contribution in [0.15, 0.2) is 18.2 Å². The van der Waals surface area contributed by atoms with E-state index in [0.29, 0.717) is 32.0 Å². The number of aryl methyl sites for hydroxylation is 1. The zero-order valence-electron chi connectivity index (χ0n) is 11.5. The number of nitrogens with zero attached hydrogens (tertiary/aromatic N) is 1. The van der Waals surface area contributed by atoms with E-state index in [0.717, 1.165) is 11.1 Å². The second-order valence-corrected chi connectivity index (χ2v) is 4.58. The molecule has 0 atom stereocenters. The zero-order chi connectivity index (χ0) is 14.4. The summed E-state index contributed by atoms with van der Waals surface area (Å²) in [5.41, 5.74) is 2.49. The minimum Gasteiger partial charge on any atom is -0.384 e. The molecular weight excluding hydrogens is 256 g/mol. The Morgan fingerprint density at radius 3 is 2.85 bits per heavy atom. The number of benzene rings is 1. The minimum absolute atomic E-state index is 0.125. The summed E-state index contributed by atoms with van der Waals surface area (Å²) in [6.07, 6.45) is 0. The molecule has 5 heteroatoms. The number of hydrogen-bond donors (Lipinski definition) is 2. The summed E-state index contributed by atoms with van der Waals surface area (Å²) in [7, 11) is 0. The highest BCUT2D eigenvalue weighted by Gasteiger charge is 2.16. The number of nitrogens with one attached hydrogen (secondary N) is 1. The smallest absolute Gasteiger partial charge is 0.322 e. The van der Waals surface area contributed by atoms with Crippen LogP contribution >= 0.6 is 0 Å². The van der Waals surface area contributed by atoms with Gasteiger partial charge in [-0.1, -0.05) is 11.8 Å². The highest BCUT2D eigenvalue weighted by molar-refractivity contribution is 5.89. The van der Waals surface area contributed by atoms with Gasteiger partial charge >= 0.3 is 6.03 Å². The van der Waals surface area contributed by atoms with E-state index in [1.165, 1.54) is 0 Å². The largest absolute Gasteiger partial charge is 0.384 e. The first-order valence-corrected chi connectivity index (χ1v) is 6.54. The molecule has 0 saturated carbocycles. The molecule has 106 valence electrons. The Morgan fingerprint density at radius 1 is 1.40 bits per heavy atom. The number of morpholine rings is 1. The Balaban J connectivity index is 2.08. The third-order valence-electron chi connectivity index (χ3n) is 2.94. The second-order valence-electron chi connectivity index (χ2n) is 4.58. The van der Waals surface area contributed by atoms with Gasteiger partial charge in [-0.05, 0) is 30.7 Å². The van der Waals surface area contributed by atoms with E-state index >= 15 is 0 Å². The molecule has 1 aliphatic heterocycles. The molecule has 0 aliphatic carbocycles. The Kier molecular flexibility index (Phi) is 4.99. The lowest BCUT2D eigenvalue weighted by molar-refractivity contribution is 0.0564. The lowest BCUT2D eigenvalue weighted by atomic mass is 10.1. The average Bonchev–Trinajstić information content (AvgIpc) is 2.45. The number of carbonyl (C=O) groups is 1.